The average Bonchev–Trinajstić information content (AvgIpc) is 2.49. The number of hydrogen-bond acceptors (Lipinski definition) is 5. The molecule has 1 saturated heterocycles. The van der Waals surface area contributed by atoms with Crippen molar-refractivity contribution in [3.63, 3.8) is 0 Å². The van der Waals surface area contributed by atoms with Crippen molar-refractivity contribution in [1.29, 1.82) is 0 Å². The highest BCUT2D eigenvalue weighted by Gasteiger charge is 2.26. The van der Waals surface area contributed by atoms with Crippen molar-refractivity contribution in [1.82, 2.24) is 4.90 Å². The minimum absolute atomic E-state index is 0.178. The molecule has 1 fully saturated rings. The van der Waals surface area contributed by atoms with Gasteiger partial charge in [-0.25, -0.2) is 4.79 Å². The Morgan fingerprint density at radius 1 is 1.36 bits per heavy atom. The van der Waals surface area contributed by atoms with Crippen molar-refractivity contribution in [2.24, 2.45) is 11.1 Å². The van der Waals surface area contributed by atoms with Crippen LogP contribution in [0.2, 0.25) is 5.02 Å². The minimum atomic E-state index is -0.513. The van der Waals surface area contributed by atoms with E-state index in [1.807, 2.05) is 0 Å². The number of benzene rings is 1. The third-order valence-electron chi connectivity index (χ3n) is 3.82. The van der Waals surface area contributed by atoms with Crippen molar-refractivity contribution >= 4 is 23.3 Å². The van der Waals surface area contributed by atoms with Crippen LogP contribution < -0.4 is 4.74 Å². The third-order valence-corrected chi connectivity index (χ3v) is 4.07. The second-order valence-electron chi connectivity index (χ2n) is 5.68. The molecule has 2 atom stereocenters. The lowest BCUT2D eigenvalue weighted by Gasteiger charge is -2.34. The predicted octanol–water partition coefficient (Wildman–Crippen LogP) is 2.98. The Bertz CT molecular complexity index is 545. The van der Waals surface area contributed by atoms with Crippen LogP contribution in [0.5, 0.6) is 5.75 Å². The Morgan fingerprint density at radius 2 is 2.05 bits per heavy atom. The molecule has 2 rings (SSSR count). The highest BCUT2D eigenvalue weighted by molar-refractivity contribution is 6.30. The minimum Gasteiger partial charge on any atom is -0.482 e. The molecule has 0 aliphatic carbocycles. The zero-order valence-corrected chi connectivity index (χ0v) is 13.8. The van der Waals surface area contributed by atoms with Crippen LogP contribution in [0.1, 0.15) is 20.3 Å². The fraction of sp³-hybridized carbons (Fsp3) is 0.500. The molecule has 0 radical (unpaired) electrons. The molecule has 0 spiro atoms. The van der Waals surface area contributed by atoms with Crippen LogP contribution >= 0.6 is 11.6 Å². The van der Waals surface area contributed by atoms with Gasteiger partial charge in [0.2, 0.25) is 0 Å². The average molecular weight is 325 g/mol. The Morgan fingerprint density at radius 3 is 2.73 bits per heavy atom. The third kappa shape index (κ3) is 4.71. The summed E-state index contributed by atoms with van der Waals surface area (Å²) >= 11 is 5.78. The lowest BCUT2D eigenvalue weighted by molar-refractivity contribution is -0.146. The Balaban J connectivity index is 1.81. The summed E-state index contributed by atoms with van der Waals surface area (Å²) in [5, 5.41) is 4.63. The molecule has 0 N–H and O–H groups in total. The molecule has 0 aromatic heterocycles. The maximum Gasteiger partial charge on any atom is 0.372 e. The van der Waals surface area contributed by atoms with Crippen molar-refractivity contribution in [3.8, 4) is 5.75 Å². The number of rotatable bonds is 4. The van der Waals surface area contributed by atoms with Gasteiger partial charge in [-0.05, 0) is 38.2 Å². The Kier molecular flexibility index (Phi) is 5.80. The highest BCUT2D eigenvalue weighted by Crippen LogP contribution is 2.18. The van der Waals surface area contributed by atoms with Crippen LogP contribution in [0.25, 0.3) is 0 Å². The van der Waals surface area contributed by atoms with E-state index in [0.717, 1.165) is 18.7 Å². The van der Waals surface area contributed by atoms with E-state index in [1.165, 1.54) is 0 Å². The van der Waals surface area contributed by atoms with Gasteiger partial charge in [-0.3, -0.25) is 0 Å². The number of likely N-dealkylation sites (tertiary alicyclic amines) is 1. The number of oxime groups is 1. The van der Waals surface area contributed by atoms with E-state index >= 15 is 0 Å². The lowest BCUT2D eigenvalue weighted by atomic mass is 9.93. The maximum atomic E-state index is 11.7. The van der Waals surface area contributed by atoms with Crippen LogP contribution in [-0.4, -0.2) is 42.8 Å². The summed E-state index contributed by atoms with van der Waals surface area (Å²) in [6, 6.07) is 7.19. The van der Waals surface area contributed by atoms with Gasteiger partial charge in [-0.15, -0.1) is 0 Å². The second kappa shape index (κ2) is 7.61. The van der Waals surface area contributed by atoms with Crippen molar-refractivity contribution < 1.29 is 14.4 Å². The van der Waals surface area contributed by atoms with Crippen LogP contribution in [-0.2, 0) is 9.63 Å². The van der Waals surface area contributed by atoms with Crippen LogP contribution in [0.3, 0.4) is 0 Å². The lowest BCUT2D eigenvalue weighted by Crippen LogP contribution is -2.43. The fourth-order valence-electron chi connectivity index (χ4n) is 2.31. The molecule has 1 aliphatic heterocycles. The molecule has 0 saturated carbocycles. The molecular weight excluding hydrogens is 304 g/mol. The zero-order chi connectivity index (χ0) is 16.1. The molecule has 22 heavy (non-hydrogen) atoms. The topological polar surface area (TPSA) is 51.1 Å². The van der Waals surface area contributed by atoms with E-state index in [2.05, 4.69) is 31.0 Å². The van der Waals surface area contributed by atoms with Gasteiger partial charge in [0.05, 0.1) is 5.71 Å². The number of carbonyl (C=O) groups is 1. The van der Waals surface area contributed by atoms with Gasteiger partial charge in [0.25, 0.3) is 0 Å². The summed E-state index contributed by atoms with van der Waals surface area (Å²) in [6.45, 7) is 4.95. The largest absolute Gasteiger partial charge is 0.482 e. The van der Waals surface area contributed by atoms with Gasteiger partial charge in [-0.2, -0.15) is 0 Å². The van der Waals surface area contributed by atoms with Crippen LogP contribution in [0, 0.1) is 5.92 Å². The molecule has 6 heteroatoms. The molecular formula is C16H21ClN2O3. The first-order chi connectivity index (χ1) is 10.5. The SMILES string of the molecule is CC1CN(C)C(C)C/C1=N\OC(=O)COc1ccc(Cl)cc1. The Hall–Kier alpha value is -1.59. The fourth-order valence-corrected chi connectivity index (χ4v) is 2.44. The monoisotopic (exact) mass is 324 g/mol. The van der Waals surface area contributed by atoms with Gasteiger partial charge in [0, 0.05) is 29.9 Å². The zero-order valence-electron chi connectivity index (χ0n) is 13.1. The van der Waals surface area contributed by atoms with E-state index < -0.39 is 5.97 Å². The van der Waals surface area contributed by atoms with Crippen molar-refractivity contribution in [2.75, 3.05) is 20.2 Å². The number of ether oxygens (including phenoxy) is 1. The van der Waals surface area contributed by atoms with Gasteiger partial charge in [0.15, 0.2) is 6.61 Å². The molecule has 1 aromatic carbocycles. The molecule has 1 aromatic rings. The van der Waals surface area contributed by atoms with E-state index in [0.29, 0.717) is 16.8 Å². The standard InChI is InChI=1S/C16H21ClN2O3/c1-11-9-19(3)12(2)8-15(11)18-22-16(20)10-21-14-6-4-13(17)5-7-14/h4-7,11-12H,8-10H2,1-3H3/b18-15+. The summed E-state index contributed by atoms with van der Waals surface area (Å²) in [7, 11) is 2.09. The summed E-state index contributed by atoms with van der Waals surface area (Å²) in [5.74, 6) is 0.336. The van der Waals surface area contributed by atoms with E-state index in [4.69, 9.17) is 21.2 Å². The molecule has 5 nitrogen and oxygen atoms in total. The summed E-state index contributed by atoms with van der Waals surface area (Å²) in [5.41, 5.74) is 0.922. The van der Waals surface area contributed by atoms with Gasteiger partial charge >= 0.3 is 5.97 Å². The second-order valence-corrected chi connectivity index (χ2v) is 6.12. The highest BCUT2D eigenvalue weighted by atomic mass is 35.5. The molecule has 1 aliphatic rings. The van der Waals surface area contributed by atoms with Gasteiger partial charge < -0.3 is 14.5 Å². The van der Waals surface area contributed by atoms with Gasteiger partial charge in [0.1, 0.15) is 5.75 Å². The van der Waals surface area contributed by atoms with Crippen molar-refractivity contribution in [2.45, 2.75) is 26.3 Å². The number of halogens is 1. The van der Waals surface area contributed by atoms with Crippen LogP contribution in [0.15, 0.2) is 29.4 Å². The van der Waals surface area contributed by atoms with Crippen molar-refractivity contribution in [3.05, 3.63) is 29.3 Å². The Labute approximate surface area is 135 Å². The van der Waals surface area contributed by atoms with E-state index in [1.54, 1.807) is 24.3 Å². The normalized spacial score (nSPS) is 24.3. The molecule has 120 valence electrons. The molecule has 2 unspecified atom stereocenters. The molecule has 1 heterocycles. The first kappa shape index (κ1) is 16.8. The van der Waals surface area contributed by atoms with Gasteiger partial charge in [-0.1, -0.05) is 23.7 Å². The number of nitrogens with zero attached hydrogens (tertiary/aromatic N) is 2. The molecule has 0 bridgehead atoms. The number of carbonyl (C=O) groups excluding carboxylic acids is 1. The smallest absolute Gasteiger partial charge is 0.372 e. The van der Waals surface area contributed by atoms with E-state index in [9.17, 15) is 4.79 Å². The van der Waals surface area contributed by atoms with E-state index in [-0.39, 0.29) is 12.5 Å². The van der Waals surface area contributed by atoms with Crippen LogP contribution in [0.4, 0.5) is 0 Å². The number of piperidine rings is 1. The molecule has 0 amide bonds. The first-order valence-electron chi connectivity index (χ1n) is 7.31. The quantitative estimate of drug-likeness (QED) is 0.631. The predicted molar refractivity (Wildman–Crippen MR) is 86.3 cm³/mol. The summed E-state index contributed by atoms with van der Waals surface area (Å²) < 4.78 is 5.32. The summed E-state index contributed by atoms with van der Waals surface area (Å²) in [6.07, 6.45) is 0.809. The maximum absolute atomic E-state index is 11.7. The summed E-state index contributed by atoms with van der Waals surface area (Å²) in [4.78, 5) is 18.9. The first-order valence-corrected chi connectivity index (χ1v) is 7.68. The number of hydrogen-bond donors (Lipinski definition) is 0.